The Morgan fingerprint density at radius 1 is 1.05 bits per heavy atom. The second-order valence-electron chi connectivity index (χ2n) is 5.08. The zero-order valence-corrected chi connectivity index (χ0v) is 12.0. The van der Waals surface area contributed by atoms with Crippen LogP contribution in [0.3, 0.4) is 0 Å². The third kappa shape index (κ3) is 3.47. The van der Waals surface area contributed by atoms with Gasteiger partial charge in [0.1, 0.15) is 0 Å². The maximum Gasteiger partial charge on any atom is 0.391 e. The smallest absolute Gasteiger partial charge is 0.294 e. The molecule has 0 atom stereocenters. The summed E-state index contributed by atoms with van der Waals surface area (Å²) >= 11 is 11.6. The molecule has 0 radical (unpaired) electrons. The fourth-order valence-corrected chi connectivity index (χ4v) is 2.87. The van der Waals surface area contributed by atoms with Gasteiger partial charge in [-0.2, -0.15) is 13.2 Å². The van der Waals surface area contributed by atoms with Gasteiger partial charge >= 0.3 is 6.18 Å². The van der Waals surface area contributed by atoms with E-state index in [4.69, 9.17) is 23.2 Å². The Hall–Kier alpha value is -0.740. The first-order valence-electron chi connectivity index (χ1n) is 6.35. The minimum atomic E-state index is -4.16. The van der Waals surface area contributed by atoms with E-state index < -0.39 is 12.1 Å². The third-order valence-electron chi connectivity index (χ3n) is 3.76. The molecule has 0 N–H and O–H groups in total. The quantitative estimate of drug-likeness (QED) is 0.652. The lowest BCUT2D eigenvalue weighted by Gasteiger charge is -2.29. The fraction of sp³-hybridized carbons (Fsp3) is 0.500. The molecule has 0 saturated heterocycles. The molecular weight excluding hydrogens is 312 g/mol. The van der Waals surface area contributed by atoms with E-state index in [9.17, 15) is 18.0 Å². The van der Waals surface area contributed by atoms with Crippen LogP contribution in [0.2, 0.25) is 10.0 Å². The van der Waals surface area contributed by atoms with Gasteiger partial charge in [-0.1, -0.05) is 23.2 Å². The molecule has 0 aromatic heterocycles. The fourth-order valence-electron chi connectivity index (χ4n) is 2.57. The summed E-state index contributed by atoms with van der Waals surface area (Å²) in [5.74, 6) is -1.78. The topological polar surface area (TPSA) is 17.1 Å². The molecule has 110 valence electrons. The molecule has 0 aliphatic heterocycles. The lowest BCUT2D eigenvalue weighted by molar-refractivity contribution is -0.183. The molecule has 1 nitrogen and oxygen atoms in total. The van der Waals surface area contributed by atoms with Gasteiger partial charge in [0, 0.05) is 11.5 Å². The Bertz CT molecular complexity index is 506. The first-order chi connectivity index (χ1) is 9.29. The van der Waals surface area contributed by atoms with Crippen LogP contribution in [-0.2, 0) is 0 Å². The van der Waals surface area contributed by atoms with Crippen LogP contribution in [0.4, 0.5) is 13.2 Å². The first-order valence-corrected chi connectivity index (χ1v) is 7.10. The standard InChI is InChI=1S/C14H13Cl2F3O/c15-11-6-3-9(7-12(11)16)13(20)8-1-4-10(5-2-8)14(17,18)19/h3,6-8,10H,1-2,4-5H2. The van der Waals surface area contributed by atoms with Crippen LogP contribution in [0.5, 0.6) is 0 Å². The highest BCUT2D eigenvalue weighted by Crippen LogP contribution is 2.40. The van der Waals surface area contributed by atoms with E-state index in [0.29, 0.717) is 10.6 Å². The van der Waals surface area contributed by atoms with Crippen molar-refractivity contribution in [1.82, 2.24) is 0 Å². The number of alkyl halides is 3. The van der Waals surface area contributed by atoms with E-state index in [2.05, 4.69) is 0 Å². The summed E-state index contributed by atoms with van der Waals surface area (Å²) in [4.78, 5) is 12.2. The molecule has 1 aromatic rings. The van der Waals surface area contributed by atoms with Gasteiger partial charge in [-0.25, -0.2) is 0 Å². The highest BCUT2D eigenvalue weighted by Gasteiger charge is 2.42. The summed E-state index contributed by atoms with van der Waals surface area (Å²) in [6.07, 6.45) is -3.59. The number of hydrogen-bond donors (Lipinski definition) is 0. The maximum atomic E-state index is 12.6. The minimum absolute atomic E-state index is 0.0151. The van der Waals surface area contributed by atoms with Gasteiger partial charge in [0.05, 0.1) is 16.0 Å². The molecule has 0 heterocycles. The highest BCUT2D eigenvalue weighted by molar-refractivity contribution is 6.42. The zero-order valence-electron chi connectivity index (χ0n) is 10.5. The van der Waals surface area contributed by atoms with Crippen LogP contribution < -0.4 is 0 Å². The second kappa shape index (κ2) is 5.94. The summed E-state index contributed by atoms with van der Waals surface area (Å²) in [5, 5.41) is 0.630. The third-order valence-corrected chi connectivity index (χ3v) is 4.50. The Balaban J connectivity index is 2.03. The molecule has 2 rings (SSSR count). The highest BCUT2D eigenvalue weighted by atomic mass is 35.5. The monoisotopic (exact) mass is 324 g/mol. The predicted molar refractivity (Wildman–Crippen MR) is 72.3 cm³/mol. The predicted octanol–water partition coefficient (Wildman–Crippen LogP) is 5.54. The summed E-state index contributed by atoms with van der Waals surface area (Å²) in [5.41, 5.74) is 0.412. The SMILES string of the molecule is O=C(c1ccc(Cl)c(Cl)c1)C1CCC(C(F)(F)F)CC1. The molecule has 0 bridgehead atoms. The number of carbonyl (C=O) groups excluding carboxylic acids is 1. The number of Topliss-reactive ketones (excluding diaryl/α,β-unsaturated/α-hetero) is 1. The van der Waals surface area contributed by atoms with E-state index in [-0.39, 0.29) is 42.4 Å². The van der Waals surface area contributed by atoms with Crippen molar-refractivity contribution in [2.24, 2.45) is 11.8 Å². The summed E-state index contributed by atoms with van der Waals surface area (Å²) < 4.78 is 37.7. The number of hydrogen-bond acceptors (Lipinski definition) is 1. The Morgan fingerprint density at radius 2 is 1.65 bits per heavy atom. The average molecular weight is 325 g/mol. The van der Waals surface area contributed by atoms with Gasteiger partial charge < -0.3 is 0 Å². The molecule has 0 spiro atoms. The molecule has 1 aromatic carbocycles. The minimum Gasteiger partial charge on any atom is -0.294 e. The van der Waals surface area contributed by atoms with Crippen molar-refractivity contribution < 1.29 is 18.0 Å². The van der Waals surface area contributed by atoms with E-state index in [0.717, 1.165) is 0 Å². The van der Waals surface area contributed by atoms with Crippen molar-refractivity contribution in [3.05, 3.63) is 33.8 Å². The van der Waals surface area contributed by atoms with E-state index in [1.807, 2.05) is 0 Å². The molecule has 0 unspecified atom stereocenters. The van der Waals surface area contributed by atoms with Gasteiger partial charge in [0.2, 0.25) is 0 Å². The number of rotatable bonds is 2. The van der Waals surface area contributed by atoms with Crippen LogP contribution in [0.25, 0.3) is 0 Å². The van der Waals surface area contributed by atoms with Gasteiger partial charge in [0.15, 0.2) is 5.78 Å². The summed E-state index contributed by atoms with van der Waals surface area (Å²) in [6.45, 7) is 0. The molecular formula is C14H13Cl2F3O. The lowest BCUT2D eigenvalue weighted by atomic mass is 9.78. The lowest BCUT2D eigenvalue weighted by Crippen LogP contribution is -2.30. The van der Waals surface area contributed by atoms with Crippen molar-refractivity contribution in [3.63, 3.8) is 0 Å². The average Bonchev–Trinajstić information content (AvgIpc) is 2.40. The van der Waals surface area contributed by atoms with E-state index in [1.165, 1.54) is 12.1 Å². The van der Waals surface area contributed by atoms with Crippen LogP contribution in [0, 0.1) is 11.8 Å². The number of carbonyl (C=O) groups is 1. The Kier molecular flexibility index (Phi) is 4.65. The van der Waals surface area contributed by atoms with Crippen molar-refractivity contribution in [2.45, 2.75) is 31.9 Å². The van der Waals surface area contributed by atoms with Crippen molar-refractivity contribution in [1.29, 1.82) is 0 Å². The number of halogens is 5. The van der Waals surface area contributed by atoms with Crippen molar-refractivity contribution in [3.8, 4) is 0 Å². The number of ketones is 1. The normalized spacial score (nSPS) is 23.6. The van der Waals surface area contributed by atoms with Gasteiger partial charge in [-0.3, -0.25) is 4.79 Å². The van der Waals surface area contributed by atoms with Gasteiger partial charge in [-0.05, 0) is 43.9 Å². The van der Waals surface area contributed by atoms with Crippen LogP contribution in [0.1, 0.15) is 36.0 Å². The molecule has 20 heavy (non-hydrogen) atoms. The first kappa shape index (κ1) is 15.6. The van der Waals surface area contributed by atoms with Crippen molar-refractivity contribution in [2.75, 3.05) is 0 Å². The van der Waals surface area contributed by atoms with Crippen LogP contribution >= 0.6 is 23.2 Å². The summed E-state index contributed by atoms with van der Waals surface area (Å²) in [7, 11) is 0. The molecule has 1 aliphatic rings. The van der Waals surface area contributed by atoms with Crippen molar-refractivity contribution >= 4 is 29.0 Å². The van der Waals surface area contributed by atoms with Crippen LogP contribution in [0.15, 0.2) is 18.2 Å². The Morgan fingerprint density at radius 3 is 2.15 bits per heavy atom. The molecule has 0 amide bonds. The second-order valence-corrected chi connectivity index (χ2v) is 5.90. The van der Waals surface area contributed by atoms with E-state index >= 15 is 0 Å². The zero-order chi connectivity index (χ0) is 14.9. The molecule has 6 heteroatoms. The summed E-state index contributed by atoms with van der Waals surface area (Å²) in [6, 6.07) is 4.56. The largest absolute Gasteiger partial charge is 0.391 e. The van der Waals surface area contributed by atoms with E-state index in [1.54, 1.807) is 6.07 Å². The van der Waals surface area contributed by atoms with Crippen LogP contribution in [-0.4, -0.2) is 12.0 Å². The molecule has 1 aliphatic carbocycles. The Labute approximate surface area is 125 Å². The molecule has 1 fully saturated rings. The number of benzene rings is 1. The van der Waals surface area contributed by atoms with Gasteiger partial charge in [0.25, 0.3) is 0 Å². The molecule has 1 saturated carbocycles. The van der Waals surface area contributed by atoms with Gasteiger partial charge in [-0.15, -0.1) is 0 Å². The maximum absolute atomic E-state index is 12.6.